The minimum absolute atomic E-state index is 0.168. The number of hydrogen-bond acceptors (Lipinski definition) is 2. The summed E-state index contributed by atoms with van der Waals surface area (Å²) in [5, 5.41) is 0.610. The highest BCUT2D eigenvalue weighted by molar-refractivity contribution is 7.90. The Morgan fingerprint density at radius 2 is 1.83 bits per heavy atom. The molecule has 1 heterocycles. The molecular weight excluding hydrogens is 325 g/mol. The van der Waals surface area contributed by atoms with Gasteiger partial charge in [-0.3, -0.25) is 0 Å². The summed E-state index contributed by atoms with van der Waals surface area (Å²) >= 11 is 0. The van der Waals surface area contributed by atoms with Gasteiger partial charge in [0.2, 0.25) is 0 Å². The molecule has 2 aromatic carbocycles. The molecular formula is C19H14FNO2S. The third-order valence-corrected chi connectivity index (χ3v) is 5.39. The molecule has 0 amide bonds. The molecule has 3 aromatic rings. The maximum atomic E-state index is 13.5. The van der Waals surface area contributed by atoms with E-state index in [0.29, 0.717) is 16.5 Å². The van der Waals surface area contributed by atoms with Gasteiger partial charge in [-0.05, 0) is 37.1 Å². The first kappa shape index (κ1) is 16.0. The molecule has 0 atom stereocenters. The van der Waals surface area contributed by atoms with Crippen molar-refractivity contribution in [2.75, 3.05) is 0 Å². The van der Waals surface area contributed by atoms with Gasteiger partial charge in [0.25, 0.3) is 10.0 Å². The fourth-order valence-corrected chi connectivity index (χ4v) is 3.87. The molecule has 24 heavy (non-hydrogen) atoms. The van der Waals surface area contributed by atoms with Gasteiger partial charge in [0.1, 0.15) is 0 Å². The summed E-state index contributed by atoms with van der Waals surface area (Å²) in [5.41, 5.74) is 1.84. The number of halogens is 1. The van der Waals surface area contributed by atoms with Crippen molar-refractivity contribution < 1.29 is 12.8 Å². The van der Waals surface area contributed by atoms with Crippen LogP contribution in [0.2, 0.25) is 0 Å². The largest absolute Gasteiger partial charge is 0.268 e. The number of benzene rings is 2. The second-order valence-electron chi connectivity index (χ2n) is 5.35. The summed E-state index contributed by atoms with van der Waals surface area (Å²) in [4.78, 5) is 0.168. The summed E-state index contributed by atoms with van der Waals surface area (Å²) in [6.45, 7) is 1.88. The zero-order valence-electron chi connectivity index (χ0n) is 12.9. The van der Waals surface area contributed by atoms with Crippen LogP contribution in [-0.2, 0) is 10.0 Å². The molecule has 0 fully saturated rings. The van der Waals surface area contributed by atoms with Gasteiger partial charge in [-0.1, -0.05) is 35.9 Å². The molecule has 0 bridgehead atoms. The fourth-order valence-electron chi connectivity index (χ4n) is 2.49. The Kier molecular flexibility index (Phi) is 4.00. The molecule has 0 N–H and O–H groups in total. The molecule has 0 saturated carbocycles. The van der Waals surface area contributed by atoms with Crippen molar-refractivity contribution in [3.63, 3.8) is 0 Å². The molecule has 3 rings (SSSR count). The van der Waals surface area contributed by atoms with E-state index in [1.807, 2.05) is 12.8 Å². The van der Waals surface area contributed by atoms with Crippen LogP contribution < -0.4 is 0 Å². The van der Waals surface area contributed by atoms with Gasteiger partial charge in [0.05, 0.1) is 10.4 Å². The molecule has 120 valence electrons. The normalized spacial score (nSPS) is 12.3. The van der Waals surface area contributed by atoms with Crippen molar-refractivity contribution in [1.82, 2.24) is 3.97 Å². The van der Waals surface area contributed by atoms with Crippen LogP contribution in [0.25, 0.3) is 17.0 Å². The first-order chi connectivity index (χ1) is 11.4. The lowest BCUT2D eigenvalue weighted by Gasteiger charge is -2.07. The quantitative estimate of drug-likeness (QED) is 0.673. The number of allylic oxidation sites excluding steroid dienone is 1. The Labute approximate surface area is 140 Å². The van der Waals surface area contributed by atoms with E-state index in [0.717, 1.165) is 15.6 Å². The third kappa shape index (κ3) is 2.72. The predicted octanol–water partition coefficient (Wildman–Crippen LogP) is 4.13. The van der Waals surface area contributed by atoms with Gasteiger partial charge >= 0.3 is 0 Å². The topological polar surface area (TPSA) is 39.1 Å². The minimum atomic E-state index is -3.79. The fraction of sp³-hybridized carbons (Fsp3) is 0.0526. The molecule has 0 spiro atoms. The lowest BCUT2D eigenvalue weighted by molar-refractivity contribution is 0.589. The first-order valence-corrected chi connectivity index (χ1v) is 8.63. The van der Waals surface area contributed by atoms with Gasteiger partial charge in [-0.25, -0.2) is 12.4 Å². The lowest BCUT2D eigenvalue weighted by atomic mass is 10.1. The Morgan fingerprint density at radius 3 is 2.50 bits per heavy atom. The van der Waals surface area contributed by atoms with Gasteiger partial charge in [-0.15, -0.1) is 6.42 Å². The highest BCUT2D eigenvalue weighted by Gasteiger charge is 2.20. The van der Waals surface area contributed by atoms with E-state index in [1.165, 1.54) is 6.20 Å². The van der Waals surface area contributed by atoms with Crippen molar-refractivity contribution in [2.24, 2.45) is 0 Å². The van der Waals surface area contributed by atoms with Crippen LogP contribution in [0, 0.1) is 19.3 Å². The monoisotopic (exact) mass is 339 g/mol. The summed E-state index contributed by atoms with van der Waals surface area (Å²) in [6, 6.07) is 13.5. The Hall–Kier alpha value is -2.84. The first-order valence-electron chi connectivity index (χ1n) is 7.19. The van der Waals surface area contributed by atoms with E-state index < -0.39 is 15.9 Å². The van der Waals surface area contributed by atoms with Crippen LogP contribution in [0.15, 0.2) is 65.5 Å². The number of hydrogen-bond donors (Lipinski definition) is 0. The minimum Gasteiger partial charge on any atom is -0.241 e. The summed E-state index contributed by atoms with van der Waals surface area (Å²) in [7, 11) is -3.79. The van der Waals surface area contributed by atoms with E-state index in [2.05, 4.69) is 0 Å². The highest BCUT2D eigenvalue weighted by atomic mass is 32.2. The molecule has 0 radical (unpaired) electrons. The average Bonchev–Trinajstić information content (AvgIpc) is 2.95. The molecule has 0 aliphatic rings. The van der Waals surface area contributed by atoms with Crippen molar-refractivity contribution in [2.45, 2.75) is 11.8 Å². The zero-order valence-corrected chi connectivity index (χ0v) is 13.7. The Bertz CT molecular complexity index is 1080. The molecule has 5 heteroatoms. The van der Waals surface area contributed by atoms with Gasteiger partial charge in [0.15, 0.2) is 5.83 Å². The Morgan fingerprint density at radius 1 is 1.17 bits per heavy atom. The van der Waals surface area contributed by atoms with Crippen LogP contribution in [0.1, 0.15) is 11.1 Å². The summed E-state index contributed by atoms with van der Waals surface area (Å²) in [6.07, 6.45) is 7.59. The highest BCUT2D eigenvalue weighted by Crippen LogP contribution is 2.27. The predicted molar refractivity (Wildman–Crippen MR) is 93.6 cm³/mol. The zero-order chi connectivity index (χ0) is 17.3. The average molecular weight is 339 g/mol. The van der Waals surface area contributed by atoms with Crippen molar-refractivity contribution >= 4 is 27.0 Å². The van der Waals surface area contributed by atoms with Gasteiger partial charge < -0.3 is 0 Å². The van der Waals surface area contributed by atoms with Crippen LogP contribution in [-0.4, -0.2) is 12.4 Å². The van der Waals surface area contributed by atoms with Crippen molar-refractivity contribution in [3.8, 4) is 12.3 Å². The molecule has 0 aliphatic carbocycles. The van der Waals surface area contributed by atoms with E-state index in [1.54, 1.807) is 48.5 Å². The number of fused-ring (bicyclic) bond motifs is 1. The van der Waals surface area contributed by atoms with E-state index in [4.69, 9.17) is 6.42 Å². The maximum absolute atomic E-state index is 13.5. The smallest absolute Gasteiger partial charge is 0.241 e. The van der Waals surface area contributed by atoms with Crippen molar-refractivity contribution in [1.29, 1.82) is 0 Å². The molecule has 0 aliphatic heterocycles. The van der Waals surface area contributed by atoms with Crippen LogP contribution >= 0.6 is 0 Å². The van der Waals surface area contributed by atoms with E-state index >= 15 is 0 Å². The molecule has 0 unspecified atom stereocenters. The summed E-state index contributed by atoms with van der Waals surface area (Å²) in [5.74, 6) is 1.14. The van der Waals surface area contributed by atoms with Gasteiger partial charge in [0, 0.05) is 17.1 Å². The SMILES string of the molecule is C#C/C(F)=C\c1cn(S(=O)(=O)c2ccc(C)cc2)c2ccccc12. The molecule has 1 aromatic heterocycles. The number of nitrogens with zero attached hydrogens (tertiary/aromatic N) is 1. The van der Waals surface area contributed by atoms with Crippen LogP contribution in [0.4, 0.5) is 4.39 Å². The molecule has 0 saturated heterocycles. The van der Waals surface area contributed by atoms with Crippen LogP contribution in [0.5, 0.6) is 0 Å². The third-order valence-electron chi connectivity index (χ3n) is 3.71. The number of terminal acetylenes is 1. The lowest BCUT2D eigenvalue weighted by Crippen LogP contribution is -2.11. The number of aromatic nitrogens is 1. The van der Waals surface area contributed by atoms with Gasteiger partial charge in [-0.2, -0.15) is 4.39 Å². The summed E-state index contributed by atoms with van der Waals surface area (Å²) < 4.78 is 40.5. The standard InChI is InChI=1S/C19H14FNO2S/c1-3-16(20)12-15-13-21(19-7-5-4-6-18(15)19)24(22,23)17-10-8-14(2)9-11-17/h1,4-13H,2H3/b16-12+. The maximum Gasteiger partial charge on any atom is 0.268 e. The number of para-hydroxylation sites is 1. The van der Waals surface area contributed by atoms with Crippen LogP contribution in [0.3, 0.4) is 0 Å². The number of rotatable bonds is 3. The van der Waals surface area contributed by atoms with E-state index in [9.17, 15) is 12.8 Å². The Balaban J connectivity index is 2.27. The number of aryl methyl sites for hydroxylation is 1. The molecule has 3 nitrogen and oxygen atoms in total. The van der Waals surface area contributed by atoms with Crippen molar-refractivity contribution in [3.05, 3.63) is 71.7 Å². The second-order valence-corrected chi connectivity index (χ2v) is 7.17. The second kappa shape index (κ2) is 5.99. The van der Waals surface area contributed by atoms with E-state index in [-0.39, 0.29) is 4.90 Å².